The van der Waals surface area contributed by atoms with E-state index in [1.54, 1.807) is 38.4 Å². The predicted molar refractivity (Wildman–Crippen MR) is 95.8 cm³/mol. The number of hydrogen-bond donors (Lipinski definition) is 1. The number of ether oxygens (including phenoxy) is 1. The lowest BCUT2D eigenvalue weighted by Gasteiger charge is -2.18. The average molecular weight is 379 g/mol. The van der Waals surface area contributed by atoms with Gasteiger partial charge < -0.3 is 15.0 Å². The molecule has 1 N–H and O–H groups in total. The summed E-state index contributed by atoms with van der Waals surface area (Å²) < 4.78 is 5.24. The molecule has 26 heavy (non-hydrogen) atoms. The summed E-state index contributed by atoms with van der Waals surface area (Å²) >= 11 is 1.22. The molecule has 9 heteroatoms. The van der Waals surface area contributed by atoms with Crippen molar-refractivity contribution in [2.75, 3.05) is 32.9 Å². The fourth-order valence-electron chi connectivity index (χ4n) is 2.21. The molecule has 1 aliphatic heterocycles. The van der Waals surface area contributed by atoms with Gasteiger partial charge in [0.2, 0.25) is 5.91 Å². The fraction of sp³-hybridized carbons (Fsp3) is 0.412. The summed E-state index contributed by atoms with van der Waals surface area (Å²) in [5, 5.41) is 2.52. The van der Waals surface area contributed by atoms with Crippen molar-refractivity contribution in [3.8, 4) is 0 Å². The first-order valence-corrected chi connectivity index (χ1v) is 9.02. The van der Waals surface area contributed by atoms with Gasteiger partial charge in [-0.3, -0.25) is 14.5 Å². The smallest absolute Gasteiger partial charge is 0.340 e. The van der Waals surface area contributed by atoms with Crippen LogP contribution < -0.4 is 5.32 Å². The predicted octanol–water partition coefficient (Wildman–Crippen LogP) is 0.964. The zero-order valence-corrected chi connectivity index (χ0v) is 15.7. The van der Waals surface area contributed by atoms with Crippen LogP contribution >= 0.6 is 11.8 Å². The van der Waals surface area contributed by atoms with Gasteiger partial charge in [-0.15, -0.1) is 11.8 Å². The second kappa shape index (κ2) is 8.70. The maximum atomic E-state index is 12.5. The normalized spacial score (nSPS) is 14.6. The average Bonchev–Trinajstić information content (AvgIpc) is 3.04. The number of nitrogens with zero attached hydrogens (tertiary/aromatic N) is 2. The molecular formula is C17H21N3O5S. The van der Waals surface area contributed by atoms with Gasteiger partial charge in [0.1, 0.15) is 0 Å². The van der Waals surface area contributed by atoms with Gasteiger partial charge in [-0.25, -0.2) is 9.59 Å². The minimum Gasteiger partial charge on any atom is -0.449 e. The third-order valence-electron chi connectivity index (χ3n) is 3.71. The Morgan fingerprint density at radius 2 is 2.00 bits per heavy atom. The minimum absolute atomic E-state index is 0.0817. The Morgan fingerprint density at radius 3 is 2.62 bits per heavy atom. The Morgan fingerprint density at radius 1 is 1.31 bits per heavy atom. The Balaban J connectivity index is 2.03. The molecule has 4 amide bonds. The molecule has 1 atom stereocenters. The molecule has 1 fully saturated rings. The number of esters is 1. The van der Waals surface area contributed by atoms with E-state index in [4.69, 9.17) is 4.74 Å². The Labute approximate surface area is 155 Å². The number of hydrogen-bond acceptors (Lipinski definition) is 6. The third kappa shape index (κ3) is 4.75. The van der Waals surface area contributed by atoms with Gasteiger partial charge >= 0.3 is 12.0 Å². The molecule has 0 unspecified atom stereocenters. The van der Waals surface area contributed by atoms with Gasteiger partial charge in [0.05, 0.1) is 11.3 Å². The van der Waals surface area contributed by atoms with Crippen LogP contribution in [0.3, 0.4) is 0 Å². The second-order valence-electron chi connectivity index (χ2n) is 5.84. The summed E-state index contributed by atoms with van der Waals surface area (Å²) in [6, 6.07) is 6.22. The highest BCUT2D eigenvalue weighted by Crippen LogP contribution is 2.24. The maximum absolute atomic E-state index is 12.5. The lowest BCUT2D eigenvalue weighted by Crippen LogP contribution is -2.41. The molecule has 2 rings (SSSR count). The largest absolute Gasteiger partial charge is 0.449 e. The standard InChI is InChI=1S/C17H21N3O5S/c1-11(15(22)20-9-8-18-17(20)24)25-16(23)12-6-4-5-7-13(12)26-10-14(21)19(2)3/h4-7,11H,8-10H2,1-3H3,(H,18,24)/t11-/m0/s1. The van der Waals surface area contributed by atoms with Crippen molar-refractivity contribution in [3.63, 3.8) is 0 Å². The summed E-state index contributed by atoms with van der Waals surface area (Å²) in [5.41, 5.74) is 0.273. The van der Waals surface area contributed by atoms with Crippen LogP contribution in [0.5, 0.6) is 0 Å². The van der Waals surface area contributed by atoms with Crippen LogP contribution in [-0.2, 0) is 14.3 Å². The van der Waals surface area contributed by atoms with Crippen LogP contribution in [0.15, 0.2) is 29.2 Å². The van der Waals surface area contributed by atoms with Crippen LogP contribution in [-0.4, -0.2) is 72.7 Å². The van der Waals surface area contributed by atoms with E-state index in [-0.39, 0.29) is 23.8 Å². The van der Waals surface area contributed by atoms with Crippen molar-refractivity contribution < 1.29 is 23.9 Å². The third-order valence-corrected chi connectivity index (χ3v) is 4.77. The van der Waals surface area contributed by atoms with Crippen molar-refractivity contribution in [1.29, 1.82) is 0 Å². The highest BCUT2D eigenvalue weighted by molar-refractivity contribution is 8.00. The summed E-state index contributed by atoms with van der Waals surface area (Å²) in [5.74, 6) is -1.14. The van der Waals surface area contributed by atoms with E-state index in [0.29, 0.717) is 11.4 Å². The number of imide groups is 1. The molecule has 1 aliphatic rings. The summed E-state index contributed by atoms with van der Waals surface area (Å²) in [6.07, 6.45) is -1.09. The molecule has 0 aliphatic carbocycles. The number of nitrogens with one attached hydrogen (secondary N) is 1. The number of amides is 4. The molecular weight excluding hydrogens is 358 g/mol. The van der Waals surface area contributed by atoms with E-state index in [1.807, 2.05) is 0 Å². The molecule has 0 aromatic heterocycles. The number of urea groups is 1. The highest BCUT2D eigenvalue weighted by Gasteiger charge is 2.32. The van der Waals surface area contributed by atoms with Crippen molar-refractivity contribution in [2.24, 2.45) is 0 Å². The van der Waals surface area contributed by atoms with Crippen LogP contribution in [0.25, 0.3) is 0 Å². The van der Waals surface area contributed by atoms with E-state index in [9.17, 15) is 19.2 Å². The van der Waals surface area contributed by atoms with Gasteiger partial charge in [0.25, 0.3) is 5.91 Å². The van der Waals surface area contributed by atoms with Gasteiger partial charge in [0.15, 0.2) is 6.10 Å². The van der Waals surface area contributed by atoms with E-state index < -0.39 is 24.0 Å². The van der Waals surface area contributed by atoms with Crippen molar-refractivity contribution in [2.45, 2.75) is 17.9 Å². The number of benzene rings is 1. The monoisotopic (exact) mass is 379 g/mol. The first-order chi connectivity index (χ1) is 12.3. The first-order valence-electron chi connectivity index (χ1n) is 8.03. The number of carbonyl (C=O) groups is 4. The Kier molecular flexibility index (Phi) is 6.62. The summed E-state index contributed by atoms with van der Waals surface area (Å²) in [7, 11) is 3.32. The van der Waals surface area contributed by atoms with E-state index >= 15 is 0 Å². The Hall–Kier alpha value is -2.55. The lowest BCUT2D eigenvalue weighted by atomic mass is 10.2. The number of carbonyl (C=O) groups excluding carboxylic acids is 4. The fourth-order valence-corrected chi connectivity index (χ4v) is 3.22. The Bertz CT molecular complexity index is 722. The molecule has 0 spiro atoms. The molecule has 1 heterocycles. The van der Waals surface area contributed by atoms with Crippen LogP contribution in [0.1, 0.15) is 17.3 Å². The minimum atomic E-state index is -1.09. The molecule has 0 bridgehead atoms. The van der Waals surface area contributed by atoms with E-state index in [2.05, 4.69) is 5.32 Å². The van der Waals surface area contributed by atoms with Crippen LogP contribution in [0.4, 0.5) is 4.79 Å². The van der Waals surface area contributed by atoms with Crippen LogP contribution in [0, 0.1) is 0 Å². The SMILES string of the molecule is C[C@H](OC(=O)c1ccccc1SCC(=O)N(C)C)C(=O)N1CCNC1=O. The summed E-state index contributed by atoms with van der Waals surface area (Å²) in [6.45, 7) is 2.06. The van der Waals surface area contributed by atoms with Gasteiger partial charge in [0, 0.05) is 32.1 Å². The lowest BCUT2D eigenvalue weighted by molar-refractivity contribution is -0.136. The van der Waals surface area contributed by atoms with Crippen molar-refractivity contribution in [1.82, 2.24) is 15.1 Å². The molecule has 1 aromatic rings. The first kappa shape index (κ1) is 19.8. The number of rotatable bonds is 6. The van der Waals surface area contributed by atoms with E-state index in [1.165, 1.54) is 23.6 Å². The van der Waals surface area contributed by atoms with Gasteiger partial charge in [-0.05, 0) is 19.1 Å². The molecule has 1 saturated heterocycles. The van der Waals surface area contributed by atoms with Crippen LogP contribution in [0.2, 0.25) is 0 Å². The van der Waals surface area contributed by atoms with E-state index in [0.717, 1.165) is 4.90 Å². The second-order valence-corrected chi connectivity index (χ2v) is 6.86. The summed E-state index contributed by atoms with van der Waals surface area (Å²) in [4.78, 5) is 51.1. The molecule has 0 saturated carbocycles. The zero-order valence-electron chi connectivity index (χ0n) is 14.9. The molecule has 1 aromatic carbocycles. The van der Waals surface area contributed by atoms with Crippen molar-refractivity contribution >= 4 is 35.6 Å². The molecule has 140 valence electrons. The zero-order chi connectivity index (χ0) is 19.3. The molecule has 0 radical (unpaired) electrons. The quantitative estimate of drug-likeness (QED) is 0.584. The number of thioether (sulfide) groups is 1. The maximum Gasteiger partial charge on any atom is 0.340 e. The highest BCUT2D eigenvalue weighted by atomic mass is 32.2. The van der Waals surface area contributed by atoms with Gasteiger partial charge in [-0.1, -0.05) is 12.1 Å². The molecule has 8 nitrogen and oxygen atoms in total. The van der Waals surface area contributed by atoms with Crippen molar-refractivity contribution in [3.05, 3.63) is 29.8 Å². The topological polar surface area (TPSA) is 96.0 Å². The van der Waals surface area contributed by atoms with Gasteiger partial charge in [-0.2, -0.15) is 0 Å².